The van der Waals surface area contributed by atoms with Crippen molar-refractivity contribution < 1.29 is 9.53 Å². The number of benzene rings is 1. The normalized spacial score (nSPS) is 10.6. The number of nitriles is 1. The summed E-state index contributed by atoms with van der Waals surface area (Å²) in [5.74, 6) is 2.12. The molecule has 0 atom stereocenters. The second-order valence-electron chi connectivity index (χ2n) is 6.18. The zero-order valence-electron chi connectivity index (χ0n) is 17.1. The number of carbonyl (C=O) groups is 1. The molecule has 2 aromatic heterocycles. The fraction of sp³-hybridized carbons (Fsp3) is 0.300. The van der Waals surface area contributed by atoms with E-state index in [0.29, 0.717) is 11.4 Å². The molecule has 0 radical (unpaired) electrons. The van der Waals surface area contributed by atoms with Crippen LogP contribution in [0.3, 0.4) is 0 Å². The second-order valence-corrected chi connectivity index (χ2v) is 9.89. The van der Waals surface area contributed by atoms with Crippen LogP contribution in [-0.2, 0) is 4.79 Å². The summed E-state index contributed by atoms with van der Waals surface area (Å²) >= 11 is 4.44. The lowest BCUT2D eigenvalue weighted by molar-refractivity contribution is -0.113. The van der Waals surface area contributed by atoms with Gasteiger partial charge in [-0.2, -0.15) is 5.26 Å². The minimum absolute atomic E-state index is 0.183. The molecular formula is C20H21N5O2S3. The molecule has 0 aliphatic rings. The van der Waals surface area contributed by atoms with Crippen LogP contribution in [0.1, 0.15) is 23.7 Å². The van der Waals surface area contributed by atoms with Crippen molar-refractivity contribution in [1.82, 2.24) is 14.8 Å². The molecule has 7 nitrogen and oxygen atoms in total. The van der Waals surface area contributed by atoms with E-state index in [9.17, 15) is 10.1 Å². The van der Waals surface area contributed by atoms with Crippen LogP contribution in [0.2, 0.25) is 0 Å². The minimum Gasteiger partial charge on any atom is -0.497 e. The van der Waals surface area contributed by atoms with Crippen LogP contribution in [0.4, 0.5) is 5.82 Å². The number of amides is 1. The van der Waals surface area contributed by atoms with E-state index >= 15 is 0 Å². The van der Waals surface area contributed by atoms with Gasteiger partial charge in [-0.25, -0.2) is 0 Å². The highest BCUT2D eigenvalue weighted by molar-refractivity contribution is 8.03. The van der Waals surface area contributed by atoms with Crippen LogP contribution >= 0.6 is 34.9 Å². The van der Waals surface area contributed by atoms with Crippen molar-refractivity contribution in [2.45, 2.75) is 29.5 Å². The Kier molecular flexibility index (Phi) is 7.42. The van der Waals surface area contributed by atoms with Gasteiger partial charge in [0.1, 0.15) is 17.6 Å². The second kappa shape index (κ2) is 10.0. The predicted octanol–water partition coefficient (Wildman–Crippen LogP) is 4.67. The third-order valence-corrected chi connectivity index (χ3v) is 7.47. The maximum absolute atomic E-state index is 12.7. The topological polar surface area (TPSA) is 92.8 Å². The number of nitrogens with zero attached hydrogens (tertiary/aromatic N) is 4. The number of hydrogen-bond acceptors (Lipinski definition) is 8. The van der Waals surface area contributed by atoms with Gasteiger partial charge in [-0.15, -0.1) is 10.2 Å². The first-order valence-electron chi connectivity index (χ1n) is 9.13. The lowest BCUT2D eigenvalue weighted by atomic mass is 10.2. The number of anilines is 1. The lowest BCUT2D eigenvalue weighted by Gasteiger charge is -2.13. The highest BCUT2D eigenvalue weighted by atomic mass is 32.2. The molecule has 1 N–H and O–H groups in total. The van der Waals surface area contributed by atoms with Crippen LogP contribution < -0.4 is 10.1 Å². The molecule has 0 aliphatic carbocycles. The maximum atomic E-state index is 12.7. The Morgan fingerprint density at radius 2 is 1.90 bits per heavy atom. The summed E-state index contributed by atoms with van der Waals surface area (Å²) in [4.78, 5) is 12.7. The molecule has 0 bridgehead atoms. The van der Waals surface area contributed by atoms with Gasteiger partial charge in [0.2, 0.25) is 5.91 Å². The number of hydrogen-bond donors (Lipinski definition) is 1. The Morgan fingerprint density at radius 3 is 2.50 bits per heavy atom. The van der Waals surface area contributed by atoms with E-state index in [2.05, 4.69) is 28.5 Å². The zero-order chi connectivity index (χ0) is 21.7. The number of ether oxygens (including phenoxy) is 1. The molecule has 2 heterocycles. The van der Waals surface area contributed by atoms with E-state index in [-0.39, 0.29) is 11.7 Å². The van der Waals surface area contributed by atoms with Gasteiger partial charge in [0, 0.05) is 11.4 Å². The molecule has 156 valence electrons. The van der Waals surface area contributed by atoms with Gasteiger partial charge < -0.3 is 10.1 Å². The summed E-state index contributed by atoms with van der Waals surface area (Å²) in [6.07, 6.45) is 0. The predicted molar refractivity (Wildman–Crippen MR) is 122 cm³/mol. The molecular weight excluding hydrogens is 438 g/mol. The molecule has 0 unspecified atom stereocenters. The van der Waals surface area contributed by atoms with Gasteiger partial charge in [-0.3, -0.25) is 9.36 Å². The molecule has 1 aromatic carbocycles. The first-order chi connectivity index (χ1) is 14.5. The number of thioether (sulfide) groups is 2. The Morgan fingerprint density at radius 1 is 1.23 bits per heavy atom. The average molecular weight is 460 g/mol. The molecule has 3 rings (SSSR count). The van der Waals surface area contributed by atoms with Gasteiger partial charge in [0.15, 0.2) is 8.68 Å². The maximum Gasteiger partial charge on any atom is 0.235 e. The fourth-order valence-electron chi connectivity index (χ4n) is 2.85. The molecule has 30 heavy (non-hydrogen) atoms. The Balaban J connectivity index is 1.82. The monoisotopic (exact) mass is 459 g/mol. The molecule has 0 saturated carbocycles. The van der Waals surface area contributed by atoms with Crippen LogP contribution in [0.25, 0.3) is 5.69 Å². The summed E-state index contributed by atoms with van der Waals surface area (Å²) in [5.41, 5.74) is 3.03. The van der Waals surface area contributed by atoms with E-state index in [1.54, 1.807) is 18.9 Å². The smallest absolute Gasteiger partial charge is 0.235 e. The third-order valence-electron chi connectivity index (χ3n) is 4.40. The number of carbonyl (C=O) groups excluding carboxylic acids is 1. The lowest BCUT2D eigenvalue weighted by Crippen LogP contribution is -2.17. The molecule has 0 fully saturated rings. The van der Waals surface area contributed by atoms with Gasteiger partial charge in [0.05, 0.1) is 18.4 Å². The van der Waals surface area contributed by atoms with E-state index in [1.165, 1.54) is 23.1 Å². The first kappa shape index (κ1) is 22.2. The Labute approximate surface area is 187 Å². The largest absolute Gasteiger partial charge is 0.497 e. The van der Waals surface area contributed by atoms with Crippen molar-refractivity contribution >= 4 is 46.6 Å². The number of nitrogens with one attached hydrogen (secondary N) is 1. The van der Waals surface area contributed by atoms with Gasteiger partial charge in [-0.1, -0.05) is 41.8 Å². The van der Waals surface area contributed by atoms with E-state index < -0.39 is 0 Å². The Hall–Kier alpha value is -2.48. The van der Waals surface area contributed by atoms with E-state index in [4.69, 9.17) is 4.74 Å². The summed E-state index contributed by atoms with van der Waals surface area (Å²) in [7, 11) is 1.61. The quantitative estimate of drug-likeness (QED) is 0.489. The summed E-state index contributed by atoms with van der Waals surface area (Å²) in [5, 5.41) is 20.8. The van der Waals surface area contributed by atoms with Crippen LogP contribution in [0.5, 0.6) is 5.75 Å². The van der Waals surface area contributed by atoms with Crippen molar-refractivity contribution in [1.29, 1.82) is 5.26 Å². The highest BCUT2D eigenvalue weighted by Crippen LogP contribution is 2.32. The summed E-state index contributed by atoms with van der Waals surface area (Å²) in [6, 6.07) is 9.70. The molecule has 0 aliphatic heterocycles. The standard InChI is InChI=1S/C20H21N5O2S3/c1-5-28-19-23-24-20(30-19)29-11-17(26)22-18-16(10-21)12(2)13(3)25(18)14-6-8-15(27-4)9-7-14/h6-9H,5,11H2,1-4H3,(H,22,26). The third kappa shape index (κ3) is 4.80. The van der Waals surface area contributed by atoms with Crippen LogP contribution in [0.15, 0.2) is 32.9 Å². The van der Waals surface area contributed by atoms with Crippen LogP contribution in [0, 0.1) is 25.2 Å². The van der Waals surface area contributed by atoms with Crippen molar-refractivity contribution in [3.05, 3.63) is 41.1 Å². The van der Waals surface area contributed by atoms with Gasteiger partial charge in [-0.05, 0) is 49.4 Å². The van der Waals surface area contributed by atoms with Crippen molar-refractivity contribution in [2.75, 3.05) is 23.9 Å². The molecule has 0 saturated heterocycles. The van der Waals surface area contributed by atoms with Crippen molar-refractivity contribution in [3.8, 4) is 17.5 Å². The molecule has 3 aromatic rings. The SMILES string of the molecule is CCSc1nnc(SCC(=O)Nc2c(C#N)c(C)c(C)n2-c2ccc(OC)cc2)s1. The molecule has 1 amide bonds. The van der Waals surface area contributed by atoms with Gasteiger partial charge in [0.25, 0.3) is 0 Å². The fourth-order valence-corrected chi connectivity index (χ4v) is 5.56. The minimum atomic E-state index is -0.205. The summed E-state index contributed by atoms with van der Waals surface area (Å²) in [6.45, 7) is 5.87. The summed E-state index contributed by atoms with van der Waals surface area (Å²) < 4.78 is 8.76. The average Bonchev–Trinajstić information content (AvgIpc) is 3.29. The first-order valence-corrected chi connectivity index (χ1v) is 11.9. The zero-order valence-corrected chi connectivity index (χ0v) is 19.5. The van der Waals surface area contributed by atoms with E-state index in [1.807, 2.05) is 42.7 Å². The number of aromatic nitrogens is 3. The van der Waals surface area contributed by atoms with Crippen molar-refractivity contribution in [3.63, 3.8) is 0 Å². The highest BCUT2D eigenvalue weighted by Gasteiger charge is 2.21. The van der Waals surface area contributed by atoms with Gasteiger partial charge >= 0.3 is 0 Å². The molecule has 0 spiro atoms. The number of rotatable bonds is 8. The number of methoxy groups -OCH3 is 1. The van der Waals surface area contributed by atoms with Crippen molar-refractivity contribution in [2.24, 2.45) is 0 Å². The Bertz CT molecular complexity index is 1080. The van der Waals surface area contributed by atoms with E-state index in [0.717, 1.165) is 37.1 Å². The van der Waals surface area contributed by atoms with Crippen LogP contribution in [-0.4, -0.2) is 39.3 Å². The molecule has 10 heteroatoms.